The predicted octanol–water partition coefficient (Wildman–Crippen LogP) is 3.05. The zero-order valence-corrected chi connectivity index (χ0v) is 8.21. The highest BCUT2D eigenvalue weighted by Gasteiger charge is 2.03. The quantitative estimate of drug-likeness (QED) is 0.673. The molecule has 0 bridgehead atoms. The van der Waals surface area contributed by atoms with Crippen LogP contribution >= 0.6 is 11.6 Å². The van der Waals surface area contributed by atoms with E-state index in [1.165, 1.54) is 0 Å². The van der Waals surface area contributed by atoms with E-state index in [0.717, 1.165) is 10.6 Å². The molecule has 0 amide bonds. The number of hydrogen-bond acceptors (Lipinski definition) is 1. The third kappa shape index (κ3) is 3.10. The van der Waals surface area contributed by atoms with Crippen molar-refractivity contribution in [2.75, 3.05) is 6.61 Å². The molecule has 2 heteroatoms. The van der Waals surface area contributed by atoms with Crippen LogP contribution in [0.3, 0.4) is 0 Å². The molecule has 1 unspecified atom stereocenters. The topological polar surface area (TPSA) is 9.23 Å². The van der Waals surface area contributed by atoms with Crippen LogP contribution in [0, 0.1) is 12.3 Å². The summed E-state index contributed by atoms with van der Waals surface area (Å²) >= 11 is 5.75. The van der Waals surface area contributed by atoms with E-state index < -0.39 is 0 Å². The van der Waals surface area contributed by atoms with E-state index in [-0.39, 0.29) is 6.10 Å². The van der Waals surface area contributed by atoms with Crippen molar-refractivity contribution in [3.05, 3.63) is 34.9 Å². The molecule has 0 saturated heterocycles. The molecule has 0 aliphatic heterocycles. The standard InChI is InChI=1S/C11H11ClO/c1-3-8-13-9(2)10-4-6-11(12)7-5-10/h1,4-7,9H,8H2,2H3. The van der Waals surface area contributed by atoms with Crippen LogP contribution in [-0.2, 0) is 4.74 Å². The molecular weight excluding hydrogens is 184 g/mol. The lowest BCUT2D eigenvalue weighted by Crippen LogP contribution is -1.99. The fourth-order valence-corrected chi connectivity index (χ4v) is 1.13. The zero-order chi connectivity index (χ0) is 9.68. The van der Waals surface area contributed by atoms with Crippen molar-refractivity contribution in [1.29, 1.82) is 0 Å². The molecule has 1 aromatic carbocycles. The Morgan fingerprint density at radius 2 is 2.08 bits per heavy atom. The van der Waals surface area contributed by atoms with Gasteiger partial charge in [-0.3, -0.25) is 0 Å². The summed E-state index contributed by atoms with van der Waals surface area (Å²) in [5.41, 5.74) is 1.08. The average Bonchev–Trinajstić information content (AvgIpc) is 2.15. The van der Waals surface area contributed by atoms with Gasteiger partial charge in [-0.1, -0.05) is 29.7 Å². The molecule has 13 heavy (non-hydrogen) atoms. The largest absolute Gasteiger partial charge is 0.361 e. The Morgan fingerprint density at radius 3 is 2.62 bits per heavy atom. The summed E-state index contributed by atoms with van der Waals surface area (Å²) in [5, 5.41) is 0.730. The molecule has 0 heterocycles. The maximum atomic E-state index is 5.75. The molecule has 0 aliphatic carbocycles. The summed E-state index contributed by atoms with van der Waals surface area (Å²) in [6.07, 6.45) is 5.10. The highest BCUT2D eigenvalue weighted by molar-refractivity contribution is 6.30. The molecule has 0 aliphatic rings. The molecule has 0 N–H and O–H groups in total. The fraction of sp³-hybridized carbons (Fsp3) is 0.273. The summed E-state index contributed by atoms with van der Waals surface area (Å²) in [6, 6.07) is 7.55. The molecular formula is C11H11ClO. The van der Waals surface area contributed by atoms with E-state index in [1.54, 1.807) is 0 Å². The van der Waals surface area contributed by atoms with Crippen molar-refractivity contribution in [2.45, 2.75) is 13.0 Å². The van der Waals surface area contributed by atoms with Gasteiger partial charge in [-0.25, -0.2) is 0 Å². The van der Waals surface area contributed by atoms with Crippen LogP contribution in [0.1, 0.15) is 18.6 Å². The average molecular weight is 195 g/mol. The smallest absolute Gasteiger partial charge is 0.108 e. The van der Waals surface area contributed by atoms with Gasteiger partial charge in [-0.2, -0.15) is 0 Å². The highest BCUT2D eigenvalue weighted by Crippen LogP contribution is 2.18. The molecule has 0 aromatic heterocycles. The van der Waals surface area contributed by atoms with Gasteiger partial charge >= 0.3 is 0 Å². The normalized spacial score (nSPS) is 12.1. The van der Waals surface area contributed by atoms with Crippen LogP contribution in [0.15, 0.2) is 24.3 Å². The number of halogens is 1. The van der Waals surface area contributed by atoms with E-state index in [4.69, 9.17) is 22.8 Å². The first-order valence-corrected chi connectivity index (χ1v) is 4.42. The van der Waals surface area contributed by atoms with Crippen LogP contribution in [0.2, 0.25) is 5.02 Å². The van der Waals surface area contributed by atoms with Gasteiger partial charge in [0.15, 0.2) is 0 Å². The van der Waals surface area contributed by atoms with Crippen LogP contribution in [0.25, 0.3) is 0 Å². The fourth-order valence-electron chi connectivity index (χ4n) is 1.00. The maximum Gasteiger partial charge on any atom is 0.108 e. The highest BCUT2D eigenvalue weighted by atomic mass is 35.5. The lowest BCUT2D eigenvalue weighted by Gasteiger charge is -2.10. The molecule has 0 radical (unpaired) electrons. The van der Waals surface area contributed by atoms with Crippen molar-refractivity contribution in [3.63, 3.8) is 0 Å². The van der Waals surface area contributed by atoms with Gasteiger partial charge in [0.05, 0.1) is 6.10 Å². The molecule has 0 spiro atoms. The number of hydrogen-bond donors (Lipinski definition) is 0. The zero-order valence-electron chi connectivity index (χ0n) is 7.46. The summed E-state index contributed by atoms with van der Waals surface area (Å²) in [5.74, 6) is 2.43. The van der Waals surface area contributed by atoms with Crippen LogP contribution in [0.5, 0.6) is 0 Å². The Hall–Kier alpha value is -0.970. The molecule has 0 saturated carbocycles. The lowest BCUT2D eigenvalue weighted by molar-refractivity contribution is 0.0927. The number of rotatable bonds is 3. The van der Waals surface area contributed by atoms with E-state index >= 15 is 0 Å². The molecule has 1 rings (SSSR count). The summed E-state index contributed by atoms with van der Waals surface area (Å²) in [6.45, 7) is 2.30. The number of benzene rings is 1. The Kier molecular flexibility index (Phi) is 3.82. The first kappa shape index (κ1) is 10.1. The van der Waals surface area contributed by atoms with Gasteiger partial charge in [0, 0.05) is 5.02 Å². The van der Waals surface area contributed by atoms with E-state index in [2.05, 4.69) is 5.92 Å². The van der Waals surface area contributed by atoms with Gasteiger partial charge in [-0.05, 0) is 24.6 Å². The Labute approximate surface area is 83.7 Å². The lowest BCUT2D eigenvalue weighted by atomic mass is 10.1. The molecule has 1 nitrogen and oxygen atoms in total. The first-order valence-electron chi connectivity index (χ1n) is 4.04. The number of terminal acetylenes is 1. The number of ether oxygens (including phenoxy) is 1. The van der Waals surface area contributed by atoms with Crippen LogP contribution in [-0.4, -0.2) is 6.61 Å². The molecule has 0 fully saturated rings. The van der Waals surface area contributed by atoms with Crippen LogP contribution < -0.4 is 0 Å². The predicted molar refractivity (Wildman–Crippen MR) is 54.7 cm³/mol. The molecule has 1 aromatic rings. The minimum atomic E-state index is 0.0216. The van der Waals surface area contributed by atoms with E-state index in [9.17, 15) is 0 Å². The minimum absolute atomic E-state index is 0.0216. The van der Waals surface area contributed by atoms with Crippen molar-refractivity contribution in [1.82, 2.24) is 0 Å². The summed E-state index contributed by atoms with van der Waals surface area (Å²) < 4.78 is 5.34. The van der Waals surface area contributed by atoms with Crippen molar-refractivity contribution >= 4 is 11.6 Å². The Bertz CT molecular complexity index is 297. The Morgan fingerprint density at radius 1 is 1.46 bits per heavy atom. The van der Waals surface area contributed by atoms with Gasteiger partial charge in [-0.15, -0.1) is 6.42 Å². The second-order valence-electron chi connectivity index (χ2n) is 2.71. The first-order chi connectivity index (χ1) is 6.24. The SMILES string of the molecule is C#CCOC(C)c1ccc(Cl)cc1. The van der Waals surface area contributed by atoms with E-state index in [1.807, 2.05) is 31.2 Å². The van der Waals surface area contributed by atoms with Gasteiger partial charge in [0.25, 0.3) is 0 Å². The molecule has 68 valence electrons. The second-order valence-corrected chi connectivity index (χ2v) is 3.15. The van der Waals surface area contributed by atoms with E-state index in [0.29, 0.717) is 6.61 Å². The third-order valence-corrected chi connectivity index (χ3v) is 2.01. The monoisotopic (exact) mass is 194 g/mol. The maximum absolute atomic E-state index is 5.75. The van der Waals surface area contributed by atoms with Crippen molar-refractivity contribution in [3.8, 4) is 12.3 Å². The minimum Gasteiger partial charge on any atom is -0.361 e. The van der Waals surface area contributed by atoms with Gasteiger partial charge < -0.3 is 4.74 Å². The van der Waals surface area contributed by atoms with Crippen molar-refractivity contribution in [2.24, 2.45) is 0 Å². The van der Waals surface area contributed by atoms with Gasteiger partial charge in [0.1, 0.15) is 6.61 Å². The van der Waals surface area contributed by atoms with Gasteiger partial charge in [0.2, 0.25) is 0 Å². The second kappa shape index (κ2) is 4.91. The van der Waals surface area contributed by atoms with Crippen LogP contribution in [0.4, 0.5) is 0 Å². The van der Waals surface area contributed by atoms with Crippen molar-refractivity contribution < 1.29 is 4.74 Å². The summed E-state index contributed by atoms with van der Waals surface area (Å²) in [7, 11) is 0. The molecule has 1 atom stereocenters. The summed E-state index contributed by atoms with van der Waals surface area (Å²) in [4.78, 5) is 0. The third-order valence-electron chi connectivity index (χ3n) is 1.76. The Balaban J connectivity index is 2.62.